The lowest BCUT2D eigenvalue weighted by Crippen LogP contribution is -2.40. The standard InChI is InChI=1S/C37H35F6N3O6S/c1-4-22-8-6-9-23(5-2)28(22)35(13-14-35)34(48)46-53(49,50)17-21-11-12-24(20(3)16-21)30-26-27(33(45-30)52-19-37(41,42)43)29-25(10-7-15-44-29)32(31(26)47)51-18-36(38,39)40/h6-12,15-16,45,47H,4-5,13-14,17-19H2,1-3H3,(H,46,48). The number of alkyl halides is 6. The van der Waals surface area contributed by atoms with Crippen LogP contribution in [0.5, 0.6) is 17.4 Å². The normalized spacial score (nSPS) is 14.4. The highest BCUT2D eigenvalue weighted by Gasteiger charge is 2.54. The number of benzene rings is 3. The number of hydrogen-bond donors (Lipinski definition) is 3. The fourth-order valence-corrected chi connectivity index (χ4v) is 8.06. The zero-order valence-electron chi connectivity index (χ0n) is 28.8. The number of aryl methyl sites for hydroxylation is 3. The molecule has 6 rings (SSSR count). The second-order valence-corrected chi connectivity index (χ2v) is 14.8. The molecule has 0 aliphatic heterocycles. The number of sulfonamides is 1. The molecule has 1 saturated carbocycles. The fourth-order valence-electron chi connectivity index (χ4n) is 6.90. The van der Waals surface area contributed by atoms with E-state index in [1.54, 1.807) is 6.92 Å². The van der Waals surface area contributed by atoms with Crippen LogP contribution in [0.2, 0.25) is 0 Å². The third kappa shape index (κ3) is 7.59. The molecule has 2 heterocycles. The van der Waals surface area contributed by atoms with E-state index in [1.807, 2.05) is 32.0 Å². The Labute approximate surface area is 300 Å². The second-order valence-electron chi connectivity index (χ2n) is 13.0. The summed E-state index contributed by atoms with van der Waals surface area (Å²) in [5.41, 5.74) is 2.62. The summed E-state index contributed by atoms with van der Waals surface area (Å²) in [5.74, 6) is -3.07. The lowest BCUT2D eigenvalue weighted by atomic mass is 9.85. The predicted octanol–water partition coefficient (Wildman–Crippen LogP) is 8.08. The number of aromatic hydroxyl groups is 1. The van der Waals surface area contributed by atoms with Gasteiger partial charge in [-0.25, -0.2) is 8.42 Å². The number of carbonyl (C=O) groups excluding carboxylic acids is 1. The Kier molecular flexibility index (Phi) is 9.81. The van der Waals surface area contributed by atoms with Crippen molar-refractivity contribution in [2.24, 2.45) is 0 Å². The Morgan fingerprint density at radius 3 is 2.17 bits per heavy atom. The number of nitrogens with one attached hydrogen (secondary N) is 2. The number of halogens is 6. The molecule has 1 aliphatic carbocycles. The first kappa shape index (κ1) is 37.8. The summed E-state index contributed by atoms with van der Waals surface area (Å²) in [7, 11) is -4.22. The van der Waals surface area contributed by atoms with Crippen LogP contribution >= 0.6 is 0 Å². The molecule has 2 aromatic heterocycles. The number of H-pyrrole nitrogens is 1. The van der Waals surface area contributed by atoms with Crippen LogP contribution in [0.4, 0.5) is 26.3 Å². The zero-order chi connectivity index (χ0) is 38.5. The third-order valence-corrected chi connectivity index (χ3v) is 10.5. The summed E-state index contributed by atoms with van der Waals surface area (Å²) in [6.45, 7) is 2.00. The van der Waals surface area contributed by atoms with Crippen LogP contribution in [0.3, 0.4) is 0 Å². The van der Waals surface area contributed by atoms with Crippen molar-refractivity contribution < 1.29 is 54.1 Å². The van der Waals surface area contributed by atoms with Crippen molar-refractivity contribution in [3.63, 3.8) is 0 Å². The molecule has 1 aliphatic rings. The van der Waals surface area contributed by atoms with E-state index in [0.29, 0.717) is 31.2 Å². The van der Waals surface area contributed by atoms with E-state index in [0.717, 1.165) is 16.7 Å². The number of phenolic OH excluding ortho intramolecular Hbond substituents is 1. The molecule has 0 spiro atoms. The summed E-state index contributed by atoms with van der Waals surface area (Å²) in [5, 5.41) is 10.9. The Bertz CT molecular complexity index is 2310. The number of hydrogen-bond acceptors (Lipinski definition) is 7. The van der Waals surface area contributed by atoms with E-state index in [2.05, 4.69) is 14.7 Å². The molecule has 0 atom stereocenters. The highest BCUT2D eigenvalue weighted by Crippen LogP contribution is 2.52. The van der Waals surface area contributed by atoms with E-state index in [4.69, 9.17) is 9.47 Å². The monoisotopic (exact) mass is 763 g/mol. The van der Waals surface area contributed by atoms with Crippen molar-refractivity contribution in [1.82, 2.24) is 14.7 Å². The van der Waals surface area contributed by atoms with E-state index < -0.39 is 70.0 Å². The molecular formula is C37H35F6N3O6S. The molecule has 9 nitrogen and oxygen atoms in total. The van der Waals surface area contributed by atoms with Gasteiger partial charge in [0.25, 0.3) is 0 Å². The van der Waals surface area contributed by atoms with Crippen LogP contribution in [-0.2, 0) is 38.8 Å². The molecule has 0 bridgehead atoms. The van der Waals surface area contributed by atoms with Crippen molar-refractivity contribution in [3.8, 4) is 28.6 Å². The summed E-state index contributed by atoms with van der Waals surface area (Å²) in [6, 6.07) is 12.8. The van der Waals surface area contributed by atoms with Gasteiger partial charge in [0.1, 0.15) is 0 Å². The van der Waals surface area contributed by atoms with Gasteiger partial charge in [0.05, 0.1) is 33.2 Å². The van der Waals surface area contributed by atoms with Crippen molar-refractivity contribution in [3.05, 3.63) is 82.5 Å². The van der Waals surface area contributed by atoms with Gasteiger partial charge in [0.2, 0.25) is 21.8 Å². The number of amides is 1. The Balaban J connectivity index is 1.37. The van der Waals surface area contributed by atoms with Crippen molar-refractivity contribution in [2.45, 2.75) is 70.0 Å². The van der Waals surface area contributed by atoms with Crippen LogP contribution in [-0.4, -0.2) is 55.0 Å². The number of ether oxygens (including phenoxy) is 2. The first-order chi connectivity index (χ1) is 24.9. The molecule has 1 fully saturated rings. The Morgan fingerprint density at radius 1 is 0.943 bits per heavy atom. The fraction of sp³-hybridized carbons (Fsp3) is 0.351. The average molecular weight is 764 g/mol. The molecular weight excluding hydrogens is 728 g/mol. The largest absolute Gasteiger partial charge is 0.504 e. The van der Waals surface area contributed by atoms with Crippen molar-refractivity contribution in [2.75, 3.05) is 13.2 Å². The smallest absolute Gasteiger partial charge is 0.422 e. The van der Waals surface area contributed by atoms with E-state index in [-0.39, 0.29) is 38.5 Å². The molecule has 3 aromatic carbocycles. The van der Waals surface area contributed by atoms with Crippen molar-refractivity contribution in [1.29, 1.82) is 0 Å². The quantitative estimate of drug-likeness (QED) is 0.110. The molecule has 0 unspecified atom stereocenters. The highest BCUT2D eigenvalue weighted by molar-refractivity contribution is 7.89. The number of aromatic amines is 1. The van der Waals surface area contributed by atoms with Crippen LogP contribution in [0.1, 0.15) is 54.5 Å². The minimum Gasteiger partial charge on any atom is -0.504 e. The predicted molar refractivity (Wildman–Crippen MR) is 185 cm³/mol. The van der Waals surface area contributed by atoms with Gasteiger partial charge in [-0.3, -0.25) is 14.5 Å². The van der Waals surface area contributed by atoms with Crippen LogP contribution in [0.15, 0.2) is 54.7 Å². The first-order valence-electron chi connectivity index (χ1n) is 16.7. The molecule has 16 heteroatoms. The SMILES string of the molecule is CCc1cccc(CC)c1C1(C(=O)NS(=O)(=O)Cc2ccc(-c3[nH]c(OCC(F)(F)F)c4c3c(O)c(OCC(F)(F)F)c3cccnc34)c(C)c2)CC1. The maximum absolute atomic E-state index is 13.6. The summed E-state index contributed by atoms with van der Waals surface area (Å²) in [4.78, 5) is 20.5. The molecule has 282 valence electrons. The number of fused-ring (bicyclic) bond motifs is 3. The van der Waals surface area contributed by atoms with Crippen LogP contribution in [0, 0.1) is 6.92 Å². The lowest BCUT2D eigenvalue weighted by molar-refractivity contribution is -0.154. The Hall–Kier alpha value is -4.99. The maximum Gasteiger partial charge on any atom is 0.422 e. The number of aromatic nitrogens is 2. The van der Waals surface area contributed by atoms with Crippen molar-refractivity contribution >= 4 is 37.6 Å². The van der Waals surface area contributed by atoms with Gasteiger partial charge in [-0.1, -0.05) is 50.2 Å². The number of nitrogens with zero attached hydrogens (tertiary/aromatic N) is 1. The second kappa shape index (κ2) is 13.8. The van der Waals surface area contributed by atoms with E-state index >= 15 is 0 Å². The van der Waals surface area contributed by atoms with Gasteiger partial charge in [-0.05, 0) is 72.6 Å². The molecule has 53 heavy (non-hydrogen) atoms. The van der Waals surface area contributed by atoms with E-state index in [1.165, 1.54) is 36.5 Å². The highest BCUT2D eigenvalue weighted by atomic mass is 32.2. The molecule has 3 N–H and O–H groups in total. The van der Waals surface area contributed by atoms with Gasteiger partial charge in [-0.15, -0.1) is 0 Å². The molecule has 0 saturated heterocycles. The third-order valence-electron chi connectivity index (χ3n) is 9.29. The van der Waals surface area contributed by atoms with Crippen LogP contribution < -0.4 is 14.2 Å². The molecule has 1 amide bonds. The molecule has 5 aromatic rings. The average Bonchev–Trinajstić information content (AvgIpc) is 3.80. The minimum atomic E-state index is -4.79. The summed E-state index contributed by atoms with van der Waals surface area (Å²) >= 11 is 0. The maximum atomic E-state index is 13.6. The minimum absolute atomic E-state index is 0.0451. The van der Waals surface area contributed by atoms with Gasteiger partial charge >= 0.3 is 12.4 Å². The topological polar surface area (TPSA) is 131 Å². The molecule has 0 radical (unpaired) electrons. The lowest BCUT2D eigenvalue weighted by Gasteiger charge is -2.22. The Morgan fingerprint density at radius 2 is 1.58 bits per heavy atom. The number of pyridine rings is 1. The van der Waals surface area contributed by atoms with Gasteiger partial charge < -0.3 is 19.6 Å². The van der Waals surface area contributed by atoms with Crippen LogP contribution in [0.25, 0.3) is 32.9 Å². The van der Waals surface area contributed by atoms with Gasteiger partial charge in [-0.2, -0.15) is 26.3 Å². The van der Waals surface area contributed by atoms with Gasteiger partial charge in [0, 0.05) is 17.1 Å². The summed E-state index contributed by atoms with van der Waals surface area (Å²) in [6.07, 6.45) is -5.93. The van der Waals surface area contributed by atoms with E-state index in [9.17, 15) is 44.7 Å². The van der Waals surface area contributed by atoms with Gasteiger partial charge in [0.15, 0.2) is 24.7 Å². The number of carbonyl (C=O) groups is 1. The number of phenols is 1. The zero-order valence-corrected chi connectivity index (χ0v) is 29.6. The first-order valence-corrected chi connectivity index (χ1v) is 18.3. The number of rotatable bonds is 12. The summed E-state index contributed by atoms with van der Waals surface area (Å²) < 4.78 is 119.